The van der Waals surface area contributed by atoms with Gasteiger partial charge in [0.1, 0.15) is 0 Å². The number of nitrogens with zero attached hydrogens (tertiary/aromatic N) is 1. The van der Waals surface area contributed by atoms with Gasteiger partial charge in [0.2, 0.25) is 0 Å². The van der Waals surface area contributed by atoms with E-state index in [2.05, 4.69) is 0 Å². The first-order valence-electron chi connectivity index (χ1n) is 4.46. The van der Waals surface area contributed by atoms with Crippen molar-refractivity contribution >= 4 is 34.6 Å². The van der Waals surface area contributed by atoms with Crippen LogP contribution in [0.2, 0.25) is 5.02 Å². The van der Waals surface area contributed by atoms with E-state index in [9.17, 15) is 0 Å². The first-order chi connectivity index (χ1) is 6.82. The number of benzene rings is 1. The number of nitrogens with two attached hydrogens (primary N) is 2. The van der Waals surface area contributed by atoms with Gasteiger partial charge >= 0.3 is 0 Å². The SMILES string of the molecule is CC(C)(N)N(C(N)=S)c1ccc(Cl)cc1. The topological polar surface area (TPSA) is 55.3 Å². The van der Waals surface area contributed by atoms with Crippen molar-refractivity contribution < 1.29 is 0 Å². The Morgan fingerprint density at radius 1 is 1.33 bits per heavy atom. The fourth-order valence-corrected chi connectivity index (χ4v) is 1.80. The van der Waals surface area contributed by atoms with Gasteiger partial charge in [0.15, 0.2) is 5.11 Å². The number of thiocarbonyl (C=S) groups is 1. The Bertz CT molecular complexity index is 356. The highest BCUT2D eigenvalue weighted by atomic mass is 35.5. The molecule has 0 spiro atoms. The summed E-state index contributed by atoms with van der Waals surface area (Å²) in [6.07, 6.45) is 0. The van der Waals surface area contributed by atoms with Crippen molar-refractivity contribution in [3.63, 3.8) is 0 Å². The second kappa shape index (κ2) is 4.35. The molecule has 0 aromatic heterocycles. The maximum absolute atomic E-state index is 5.98. The van der Waals surface area contributed by atoms with Crippen LogP contribution in [0.15, 0.2) is 24.3 Å². The monoisotopic (exact) mass is 243 g/mol. The molecule has 0 saturated carbocycles. The van der Waals surface area contributed by atoms with Gasteiger partial charge in [-0.05, 0) is 50.3 Å². The molecule has 5 heteroatoms. The highest BCUT2D eigenvalue weighted by Crippen LogP contribution is 2.22. The summed E-state index contributed by atoms with van der Waals surface area (Å²) in [7, 11) is 0. The Kier molecular flexibility index (Phi) is 3.54. The lowest BCUT2D eigenvalue weighted by Crippen LogP contribution is -2.56. The smallest absolute Gasteiger partial charge is 0.172 e. The first-order valence-corrected chi connectivity index (χ1v) is 5.25. The molecule has 0 aliphatic rings. The molecule has 0 amide bonds. The Labute approximate surface area is 100.0 Å². The molecule has 3 nitrogen and oxygen atoms in total. The largest absolute Gasteiger partial charge is 0.376 e. The van der Waals surface area contributed by atoms with Crippen LogP contribution in [-0.2, 0) is 0 Å². The Morgan fingerprint density at radius 2 is 1.80 bits per heavy atom. The van der Waals surface area contributed by atoms with E-state index < -0.39 is 5.66 Å². The van der Waals surface area contributed by atoms with Crippen LogP contribution in [0.25, 0.3) is 0 Å². The van der Waals surface area contributed by atoms with E-state index in [-0.39, 0.29) is 5.11 Å². The van der Waals surface area contributed by atoms with E-state index in [0.29, 0.717) is 5.02 Å². The van der Waals surface area contributed by atoms with Crippen LogP contribution < -0.4 is 16.4 Å². The molecule has 82 valence electrons. The summed E-state index contributed by atoms with van der Waals surface area (Å²) in [6, 6.07) is 7.20. The number of hydrogen-bond donors (Lipinski definition) is 2. The molecule has 1 aromatic rings. The lowest BCUT2D eigenvalue weighted by molar-refractivity contribution is 0.540. The lowest BCUT2D eigenvalue weighted by atomic mass is 10.2. The van der Waals surface area contributed by atoms with Crippen molar-refractivity contribution in [3.8, 4) is 0 Å². The van der Waals surface area contributed by atoms with E-state index in [0.717, 1.165) is 5.69 Å². The summed E-state index contributed by atoms with van der Waals surface area (Å²) in [5.74, 6) is 0. The predicted molar refractivity (Wildman–Crippen MR) is 69.0 cm³/mol. The standard InChI is InChI=1S/C10H14ClN3S/c1-10(2,13)14(9(12)15)8-5-3-7(11)4-6-8/h3-6H,13H2,1-2H3,(H2,12,15). The molecule has 0 aliphatic carbocycles. The minimum absolute atomic E-state index is 0.241. The van der Waals surface area contributed by atoms with Gasteiger partial charge < -0.3 is 16.4 Å². The van der Waals surface area contributed by atoms with E-state index in [1.807, 2.05) is 26.0 Å². The van der Waals surface area contributed by atoms with E-state index in [4.69, 9.17) is 35.3 Å². The Morgan fingerprint density at radius 3 is 2.13 bits per heavy atom. The molecule has 0 radical (unpaired) electrons. The van der Waals surface area contributed by atoms with Crippen LogP contribution in [0.1, 0.15) is 13.8 Å². The van der Waals surface area contributed by atoms with Gasteiger partial charge in [-0.3, -0.25) is 0 Å². The molecule has 0 unspecified atom stereocenters. The normalized spacial score (nSPS) is 11.2. The van der Waals surface area contributed by atoms with Crippen molar-refractivity contribution in [3.05, 3.63) is 29.3 Å². The molecule has 0 saturated heterocycles. The zero-order valence-corrected chi connectivity index (χ0v) is 10.3. The number of rotatable bonds is 2. The zero-order valence-electron chi connectivity index (χ0n) is 8.70. The van der Waals surface area contributed by atoms with Crippen molar-refractivity contribution in [2.45, 2.75) is 19.5 Å². The third kappa shape index (κ3) is 3.06. The van der Waals surface area contributed by atoms with Crippen molar-refractivity contribution in [1.82, 2.24) is 0 Å². The average molecular weight is 244 g/mol. The fraction of sp³-hybridized carbons (Fsp3) is 0.300. The van der Waals surface area contributed by atoms with E-state index in [1.54, 1.807) is 17.0 Å². The van der Waals surface area contributed by atoms with Gasteiger partial charge in [-0.25, -0.2) is 0 Å². The number of halogens is 1. The van der Waals surface area contributed by atoms with E-state index >= 15 is 0 Å². The molecule has 15 heavy (non-hydrogen) atoms. The molecule has 0 aliphatic heterocycles. The second-order valence-electron chi connectivity index (χ2n) is 3.80. The summed E-state index contributed by atoms with van der Waals surface area (Å²) in [6.45, 7) is 3.67. The quantitative estimate of drug-likeness (QED) is 0.617. The third-order valence-electron chi connectivity index (χ3n) is 1.88. The minimum Gasteiger partial charge on any atom is -0.376 e. The number of anilines is 1. The fourth-order valence-electron chi connectivity index (χ4n) is 1.33. The zero-order chi connectivity index (χ0) is 11.6. The molecule has 4 N–H and O–H groups in total. The van der Waals surface area contributed by atoms with Gasteiger partial charge in [0.05, 0.1) is 5.66 Å². The van der Waals surface area contributed by atoms with Gasteiger partial charge in [-0.1, -0.05) is 11.6 Å². The third-order valence-corrected chi connectivity index (χ3v) is 2.32. The maximum atomic E-state index is 5.98. The predicted octanol–water partition coefficient (Wildman–Crippen LogP) is 2.08. The Balaban J connectivity index is 3.11. The molecule has 0 heterocycles. The molecular weight excluding hydrogens is 230 g/mol. The molecule has 0 atom stereocenters. The molecule has 1 rings (SSSR count). The van der Waals surface area contributed by atoms with Crippen LogP contribution in [0.3, 0.4) is 0 Å². The summed E-state index contributed by atoms with van der Waals surface area (Å²) >= 11 is 10.8. The molecule has 1 aromatic carbocycles. The Hall–Kier alpha value is -0.840. The van der Waals surface area contributed by atoms with Gasteiger partial charge in [0, 0.05) is 10.7 Å². The second-order valence-corrected chi connectivity index (χ2v) is 4.66. The average Bonchev–Trinajstić information content (AvgIpc) is 2.05. The van der Waals surface area contributed by atoms with Crippen molar-refractivity contribution in [2.24, 2.45) is 11.5 Å². The van der Waals surface area contributed by atoms with Crippen LogP contribution in [-0.4, -0.2) is 10.8 Å². The summed E-state index contributed by atoms with van der Waals surface area (Å²) in [5, 5.41) is 0.904. The highest BCUT2D eigenvalue weighted by Gasteiger charge is 2.24. The van der Waals surface area contributed by atoms with Crippen molar-refractivity contribution in [1.29, 1.82) is 0 Å². The lowest BCUT2D eigenvalue weighted by Gasteiger charge is -2.35. The van der Waals surface area contributed by atoms with Crippen LogP contribution in [0.5, 0.6) is 0 Å². The number of hydrogen-bond acceptors (Lipinski definition) is 2. The van der Waals surface area contributed by atoms with Crippen LogP contribution in [0, 0.1) is 0 Å². The van der Waals surface area contributed by atoms with Crippen molar-refractivity contribution in [2.75, 3.05) is 4.90 Å². The summed E-state index contributed by atoms with van der Waals surface area (Å²) in [4.78, 5) is 1.68. The molecule has 0 bridgehead atoms. The molecular formula is C10H14ClN3S. The molecule has 0 fully saturated rings. The van der Waals surface area contributed by atoms with Gasteiger partial charge in [-0.2, -0.15) is 0 Å². The first kappa shape index (κ1) is 12.2. The van der Waals surface area contributed by atoms with E-state index in [1.165, 1.54) is 0 Å². The van der Waals surface area contributed by atoms with Crippen LogP contribution >= 0.6 is 23.8 Å². The van der Waals surface area contributed by atoms with Gasteiger partial charge in [0.25, 0.3) is 0 Å². The van der Waals surface area contributed by atoms with Crippen LogP contribution in [0.4, 0.5) is 5.69 Å². The minimum atomic E-state index is -0.639. The summed E-state index contributed by atoms with van der Waals surface area (Å²) in [5.41, 5.74) is 11.8. The summed E-state index contributed by atoms with van der Waals surface area (Å²) < 4.78 is 0. The van der Waals surface area contributed by atoms with Gasteiger partial charge in [-0.15, -0.1) is 0 Å². The highest BCUT2D eigenvalue weighted by molar-refractivity contribution is 7.80. The maximum Gasteiger partial charge on any atom is 0.172 e.